The Kier molecular flexibility index (Phi) is 8.48. The third-order valence-electron chi connectivity index (χ3n) is 5.26. The fourth-order valence-electron chi connectivity index (χ4n) is 3.50. The fourth-order valence-corrected chi connectivity index (χ4v) is 4.66. The zero-order valence-corrected chi connectivity index (χ0v) is 21.5. The first-order valence-corrected chi connectivity index (χ1v) is 12.6. The Balaban J connectivity index is 1.52. The molecule has 0 unspecified atom stereocenters. The summed E-state index contributed by atoms with van der Waals surface area (Å²) in [5, 5.41) is 10.7. The third-order valence-corrected chi connectivity index (χ3v) is 6.67. The summed E-state index contributed by atoms with van der Waals surface area (Å²) in [6, 6.07) is 17.8. The van der Waals surface area contributed by atoms with E-state index in [4.69, 9.17) is 28.2 Å². The maximum absolute atomic E-state index is 12.7. The number of carbonyl (C=O) groups is 2. The molecule has 4 rings (SSSR count). The first-order valence-electron chi connectivity index (χ1n) is 10.9. The number of ether oxygens (including phenoxy) is 1. The standard InChI is InChI=1S/C25H23Cl2N5O3S/c1-35-25(34)29-18-9-7-17(8-10-18)21-22(27)32-23(31-21)19(11-15-5-3-2-4-6-15)30-24(33)28-13-16-12-20(26)36-14-16/h2-10,12,14,19H,11,13H2,1H3,(H,29,34)(H,31,32)(H2,28,30,33)/t19-/m0/s1. The number of rotatable bonds is 8. The second kappa shape index (κ2) is 11.9. The summed E-state index contributed by atoms with van der Waals surface area (Å²) in [5.74, 6) is 0.518. The van der Waals surface area contributed by atoms with E-state index in [0.29, 0.717) is 39.7 Å². The molecular formula is C25H23Cl2N5O3S. The van der Waals surface area contributed by atoms with Crippen LogP contribution in [0.3, 0.4) is 0 Å². The van der Waals surface area contributed by atoms with Crippen LogP contribution in [0.15, 0.2) is 66.0 Å². The van der Waals surface area contributed by atoms with Crippen molar-refractivity contribution in [1.29, 1.82) is 0 Å². The summed E-state index contributed by atoms with van der Waals surface area (Å²) in [4.78, 5) is 32.0. The first-order chi connectivity index (χ1) is 17.4. The number of aromatic amines is 1. The van der Waals surface area contributed by atoms with Gasteiger partial charge in [-0.15, -0.1) is 11.3 Å². The number of nitrogens with zero attached hydrogens (tertiary/aromatic N) is 1. The van der Waals surface area contributed by atoms with E-state index in [0.717, 1.165) is 16.7 Å². The molecule has 3 amide bonds. The molecule has 0 bridgehead atoms. The highest BCUT2D eigenvalue weighted by atomic mass is 35.5. The van der Waals surface area contributed by atoms with E-state index in [-0.39, 0.29) is 6.03 Å². The number of H-pyrrole nitrogens is 1. The Morgan fingerprint density at radius 3 is 2.50 bits per heavy atom. The van der Waals surface area contributed by atoms with Crippen molar-refractivity contribution in [3.63, 3.8) is 0 Å². The molecule has 2 aromatic heterocycles. The Labute approximate surface area is 222 Å². The normalized spacial score (nSPS) is 11.5. The van der Waals surface area contributed by atoms with E-state index < -0.39 is 12.1 Å². The topological polar surface area (TPSA) is 108 Å². The summed E-state index contributed by atoms with van der Waals surface area (Å²) in [5.41, 5.74) is 3.80. The monoisotopic (exact) mass is 543 g/mol. The zero-order chi connectivity index (χ0) is 25.5. The number of anilines is 1. The molecule has 2 aromatic carbocycles. The molecule has 0 aliphatic carbocycles. The van der Waals surface area contributed by atoms with Gasteiger partial charge in [0.2, 0.25) is 0 Å². The van der Waals surface area contributed by atoms with Gasteiger partial charge in [0.25, 0.3) is 0 Å². The van der Waals surface area contributed by atoms with Gasteiger partial charge in [0.05, 0.1) is 17.5 Å². The van der Waals surface area contributed by atoms with Crippen LogP contribution in [0.4, 0.5) is 15.3 Å². The van der Waals surface area contributed by atoms with Crippen molar-refractivity contribution >= 4 is 52.4 Å². The van der Waals surface area contributed by atoms with Crippen molar-refractivity contribution < 1.29 is 14.3 Å². The number of hydrogen-bond donors (Lipinski definition) is 4. The lowest BCUT2D eigenvalue weighted by molar-refractivity contribution is 0.187. The summed E-state index contributed by atoms with van der Waals surface area (Å²) < 4.78 is 5.28. The number of halogens is 2. The predicted octanol–water partition coefficient (Wildman–Crippen LogP) is 6.41. The van der Waals surface area contributed by atoms with Crippen LogP contribution in [-0.4, -0.2) is 29.2 Å². The highest BCUT2D eigenvalue weighted by Gasteiger charge is 2.21. The molecule has 8 nitrogen and oxygen atoms in total. The van der Waals surface area contributed by atoms with Crippen LogP contribution in [0, 0.1) is 0 Å². The van der Waals surface area contributed by atoms with Gasteiger partial charge in [0, 0.05) is 17.8 Å². The highest BCUT2D eigenvalue weighted by molar-refractivity contribution is 7.14. The number of hydrogen-bond acceptors (Lipinski definition) is 5. The van der Waals surface area contributed by atoms with Gasteiger partial charge >= 0.3 is 12.1 Å². The van der Waals surface area contributed by atoms with Crippen LogP contribution in [0.25, 0.3) is 11.3 Å². The third kappa shape index (κ3) is 6.78. The van der Waals surface area contributed by atoms with Crippen molar-refractivity contribution in [3.8, 4) is 11.3 Å². The largest absolute Gasteiger partial charge is 0.453 e. The van der Waals surface area contributed by atoms with Gasteiger partial charge in [-0.25, -0.2) is 14.6 Å². The quantitative estimate of drug-likeness (QED) is 0.206. The van der Waals surface area contributed by atoms with Crippen molar-refractivity contribution in [2.75, 3.05) is 12.4 Å². The Bertz CT molecular complexity index is 1330. The average Bonchev–Trinajstić information content (AvgIpc) is 3.48. The molecule has 0 spiro atoms. The van der Waals surface area contributed by atoms with E-state index in [9.17, 15) is 9.59 Å². The second-order valence-electron chi connectivity index (χ2n) is 7.81. The lowest BCUT2D eigenvalue weighted by Gasteiger charge is -2.17. The van der Waals surface area contributed by atoms with Crippen molar-refractivity contribution in [2.24, 2.45) is 0 Å². The van der Waals surface area contributed by atoms with Gasteiger partial charge in [-0.1, -0.05) is 65.7 Å². The predicted molar refractivity (Wildman–Crippen MR) is 143 cm³/mol. The SMILES string of the molecule is COC(=O)Nc1ccc(-c2nc([C@H](Cc3ccccc3)NC(=O)NCc3csc(Cl)c3)[nH]c2Cl)cc1. The van der Waals surface area contributed by atoms with Gasteiger partial charge in [-0.2, -0.15) is 0 Å². The van der Waals surface area contributed by atoms with E-state index in [1.54, 1.807) is 24.3 Å². The number of thiophene rings is 1. The van der Waals surface area contributed by atoms with Crippen molar-refractivity contribution in [1.82, 2.24) is 20.6 Å². The summed E-state index contributed by atoms with van der Waals surface area (Å²) in [6.45, 7) is 0.350. The number of urea groups is 1. The van der Waals surface area contributed by atoms with Gasteiger partial charge in [0.15, 0.2) is 0 Å². The molecule has 2 heterocycles. The summed E-state index contributed by atoms with van der Waals surface area (Å²) in [6.07, 6.45) is -0.0536. The van der Waals surface area contributed by atoms with Gasteiger partial charge < -0.3 is 20.4 Å². The Hall–Kier alpha value is -3.53. The lowest BCUT2D eigenvalue weighted by Crippen LogP contribution is -2.38. The fraction of sp³-hybridized carbons (Fsp3) is 0.160. The van der Waals surface area contributed by atoms with Crippen LogP contribution >= 0.6 is 34.5 Å². The number of benzene rings is 2. The molecule has 11 heteroatoms. The molecule has 0 fully saturated rings. The maximum Gasteiger partial charge on any atom is 0.411 e. The molecular weight excluding hydrogens is 521 g/mol. The number of amides is 3. The Morgan fingerprint density at radius 2 is 1.83 bits per heavy atom. The molecule has 0 saturated heterocycles. The minimum Gasteiger partial charge on any atom is -0.453 e. The minimum absolute atomic E-state index is 0.340. The molecule has 0 aliphatic rings. The molecule has 186 valence electrons. The van der Waals surface area contributed by atoms with E-state index in [2.05, 4.69) is 25.7 Å². The van der Waals surface area contributed by atoms with Crippen LogP contribution in [0.5, 0.6) is 0 Å². The molecule has 1 atom stereocenters. The van der Waals surface area contributed by atoms with Crippen molar-refractivity contribution in [2.45, 2.75) is 19.0 Å². The average molecular weight is 544 g/mol. The molecule has 0 saturated carbocycles. The number of aromatic nitrogens is 2. The highest BCUT2D eigenvalue weighted by Crippen LogP contribution is 2.29. The van der Waals surface area contributed by atoms with Crippen LogP contribution in [-0.2, 0) is 17.7 Å². The summed E-state index contributed by atoms with van der Waals surface area (Å²) in [7, 11) is 1.30. The van der Waals surface area contributed by atoms with E-state index in [1.807, 2.05) is 41.8 Å². The van der Waals surface area contributed by atoms with E-state index in [1.165, 1.54) is 18.4 Å². The van der Waals surface area contributed by atoms with Gasteiger partial charge in [-0.3, -0.25) is 5.32 Å². The van der Waals surface area contributed by atoms with Gasteiger partial charge in [0.1, 0.15) is 16.7 Å². The lowest BCUT2D eigenvalue weighted by atomic mass is 10.1. The van der Waals surface area contributed by atoms with Crippen molar-refractivity contribution in [3.05, 3.63) is 92.5 Å². The van der Waals surface area contributed by atoms with Crippen LogP contribution < -0.4 is 16.0 Å². The second-order valence-corrected chi connectivity index (χ2v) is 9.73. The summed E-state index contributed by atoms with van der Waals surface area (Å²) >= 11 is 13.9. The molecule has 36 heavy (non-hydrogen) atoms. The number of imidazole rings is 1. The van der Waals surface area contributed by atoms with Crippen LogP contribution in [0.2, 0.25) is 9.49 Å². The van der Waals surface area contributed by atoms with Gasteiger partial charge in [-0.05, 0) is 41.1 Å². The number of nitrogens with one attached hydrogen (secondary N) is 4. The molecule has 0 aliphatic heterocycles. The molecule has 4 N–H and O–H groups in total. The number of methoxy groups -OCH3 is 1. The maximum atomic E-state index is 12.7. The molecule has 0 radical (unpaired) electrons. The first kappa shape index (κ1) is 25.6. The molecule has 4 aromatic rings. The van der Waals surface area contributed by atoms with Crippen LogP contribution in [0.1, 0.15) is 23.0 Å². The Morgan fingerprint density at radius 1 is 1.08 bits per heavy atom. The zero-order valence-electron chi connectivity index (χ0n) is 19.2. The van der Waals surface area contributed by atoms with E-state index >= 15 is 0 Å². The smallest absolute Gasteiger partial charge is 0.411 e. The minimum atomic E-state index is -0.557. The number of carbonyl (C=O) groups excluding carboxylic acids is 2.